The zero-order chi connectivity index (χ0) is 18.1. The molecular weight excluding hydrogens is 332 g/mol. The summed E-state index contributed by atoms with van der Waals surface area (Å²) in [6.07, 6.45) is 5.67. The Balaban J connectivity index is 1.32. The molecule has 8 heteroatoms. The molecule has 8 nitrogen and oxygen atoms in total. The quantitative estimate of drug-likeness (QED) is 0.828. The smallest absolute Gasteiger partial charge is 0.271 e. The first-order valence-electron chi connectivity index (χ1n) is 9.21. The molecule has 2 aromatic heterocycles. The van der Waals surface area contributed by atoms with Crippen molar-refractivity contribution in [1.29, 1.82) is 0 Å². The molecule has 1 aliphatic carbocycles. The molecule has 26 heavy (non-hydrogen) atoms. The second kappa shape index (κ2) is 7.03. The number of amides is 1. The van der Waals surface area contributed by atoms with E-state index in [9.17, 15) is 9.90 Å². The highest BCUT2D eigenvalue weighted by Gasteiger charge is 2.33. The molecule has 4 rings (SSSR count). The Labute approximate surface area is 152 Å². The topological polar surface area (TPSA) is 96.2 Å². The molecule has 0 aromatic carbocycles. The Morgan fingerprint density at radius 1 is 1.38 bits per heavy atom. The second-order valence-electron chi connectivity index (χ2n) is 7.08. The Morgan fingerprint density at radius 3 is 2.92 bits per heavy atom. The zero-order valence-corrected chi connectivity index (χ0v) is 14.9. The molecule has 1 saturated heterocycles. The fourth-order valence-corrected chi connectivity index (χ4v) is 3.60. The van der Waals surface area contributed by atoms with E-state index in [2.05, 4.69) is 25.3 Å². The van der Waals surface area contributed by atoms with Gasteiger partial charge in [0, 0.05) is 49.6 Å². The van der Waals surface area contributed by atoms with Crippen LogP contribution in [-0.4, -0.2) is 56.0 Å². The monoisotopic (exact) mass is 356 g/mol. The molecule has 1 atom stereocenters. The number of aryl methyl sites for hydroxylation is 1. The summed E-state index contributed by atoms with van der Waals surface area (Å²) < 4.78 is 1.75. The van der Waals surface area contributed by atoms with Crippen LogP contribution in [0.4, 0.5) is 5.82 Å². The van der Waals surface area contributed by atoms with Crippen LogP contribution in [0.1, 0.15) is 48.3 Å². The maximum Gasteiger partial charge on any atom is 0.271 e. The molecule has 0 bridgehead atoms. The minimum atomic E-state index is -0.270. The van der Waals surface area contributed by atoms with Gasteiger partial charge in [0.15, 0.2) is 0 Å². The van der Waals surface area contributed by atoms with Gasteiger partial charge in [-0.1, -0.05) is 0 Å². The maximum absolute atomic E-state index is 12.2. The number of aliphatic hydroxyl groups is 1. The summed E-state index contributed by atoms with van der Waals surface area (Å²) in [6.45, 7) is 4.20. The van der Waals surface area contributed by atoms with Crippen molar-refractivity contribution >= 4 is 11.7 Å². The number of anilines is 1. The first-order chi connectivity index (χ1) is 12.6. The van der Waals surface area contributed by atoms with Gasteiger partial charge in [-0.25, -0.2) is 9.97 Å². The van der Waals surface area contributed by atoms with Crippen LogP contribution in [0.5, 0.6) is 0 Å². The highest BCUT2D eigenvalue weighted by molar-refractivity contribution is 5.92. The predicted octanol–water partition coefficient (Wildman–Crippen LogP) is 0.940. The van der Waals surface area contributed by atoms with Crippen molar-refractivity contribution in [2.24, 2.45) is 0 Å². The summed E-state index contributed by atoms with van der Waals surface area (Å²) in [6, 6.07) is 3.92. The number of nitrogens with one attached hydrogen (secondary N) is 1. The Kier molecular flexibility index (Phi) is 4.58. The summed E-state index contributed by atoms with van der Waals surface area (Å²) in [5, 5.41) is 17.0. The molecule has 3 heterocycles. The summed E-state index contributed by atoms with van der Waals surface area (Å²) in [4.78, 5) is 23.1. The number of aliphatic hydroxyl groups excluding tert-OH is 1. The van der Waals surface area contributed by atoms with Gasteiger partial charge in [-0.2, -0.15) is 5.10 Å². The summed E-state index contributed by atoms with van der Waals surface area (Å²) in [7, 11) is 0. The molecule has 2 fully saturated rings. The van der Waals surface area contributed by atoms with Crippen molar-refractivity contribution in [2.75, 3.05) is 18.0 Å². The SMILES string of the molecule is CCn1ccc(C(=O)NC2CC(c3cc(N4CC[C@H](O)C4)ncn3)C2)n1. The van der Waals surface area contributed by atoms with Crippen LogP contribution in [0.25, 0.3) is 0 Å². The Morgan fingerprint density at radius 2 is 2.23 bits per heavy atom. The van der Waals surface area contributed by atoms with Crippen LogP contribution in [0.15, 0.2) is 24.7 Å². The highest BCUT2D eigenvalue weighted by atomic mass is 16.3. The molecule has 1 aliphatic heterocycles. The van der Waals surface area contributed by atoms with E-state index in [1.807, 2.05) is 19.2 Å². The number of nitrogens with zero attached hydrogens (tertiary/aromatic N) is 5. The van der Waals surface area contributed by atoms with E-state index in [1.165, 1.54) is 0 Å². The standard InChI is InChI=1S/C18H24N6O2/c1-2-24-6-4-15(22-24)18(26)21-13-7-12(8-13)16-9-17(20-11-19-16)23-5-3-14(25)10-23/h4,6,9,11-14,25H,2-3,5,7-8,10H2,1H3,(H,21,26)/t12?,13?,14-/m0/s1. The molecule has 2 N–H and O–H groups in total. The van der Waals surface area contributed by atoms with Crippen molar-refractivity contribution in [2.45, 2.75) is 50.8 Å². The number of β-amino-alcohol motifs (C(OH)–C–C–N with tert-alkyl or cyclic N) is 1. The molecule has 0 spiro atoms. The summed E-state index contributed by atoms with van der Waals surface area (Å²) in [5.41, 5.74) is 1.48. The summed E-state index contributed by atoms with van der Waals surface area (Å²) >= 11 is 0. The lowest BCUT2D eigenvalue weighted by Crippen LogP contribution is -2.43. The number of hydrogen-bond donors (Lipinski definition) is 2. The third kappa shape index (κ3) is 3.41. The molecule has 2 aliphatic rings. The van der Waals surface area contributed by atoms with Crippen LogP contribution in [0.2, 0.25) is 0 Å². The van der Waals surface area contributed by atoms with Gasteiger partial charge >= 0.3 is 0 Å². The van der Waals surface area contributed by atoms with Gasteiger partial charge in [0.2, 0.25) is 0 Å². The zero-order valence-electron chi connectivity index (χ0n) is 14.9. The molecule has 138 valence electrons. The van der Waals surface area contributed by atoms with Crippen molar-refractivity contribution < 1.29 is 9.90 Å². The Bertz CT molecular complexity index is 785. The number of aromatic nitrogens is 4. The lowest BCUT2D eigenvalue weighted by molar-refractivity contribution is 0.0902. The molecule has 0 radical (unpaired) electrons. The number of rotatable bonds is 5. The van der Waals surface area contributed by atoms with E-state index in [-0.39, 0.29) is 18.1 Å². The van der Waals surface area contributed by atoms with E-state index >= 15 is 0 Å². The van der Waals surface area contributed by atoms with Crippen LogP contribution in [-0.2, 0) is 6.54 Å². The predicted molar refractivity (Wildman–Crippen MR) is 96.0 cm³/mol. The van der Waals surface area contributed by atoms with E-state index < -0.39 is 0 Å². The number of carbonyl (C=O) groups is 1. The summed E-state index contributed by atoms with van der Waals surface area (Å²) in [5.74, 6) is 1.10. The average molecular weight is 356 g/mol. The van der Waals surface area contributed by atoms with Crippen molar-refractivity contribution in [3.05, 3.63) is 36.0 Å². The molecule has 1 saturated carbocycles. The van der Waals surface area contributed by atoms with Crippen molar-refractivity contribution in [1.82, 2.24) is 25.1 Å². The van der Waals surface area contributed by atoms with E-state index in [0.29, 0.717) is 18.2 Å². The third-order valence-corrected chi connectivity index (χ3v) is 5.25. The van der Waals surface area contributed by atoms with Crippen LogP contribution in [0.3, 0.4) is 0 Å². The van der Waals surface area contributed by atoms with Gasteiger partial charge in [-0.15, -0.1) is 0 Å². The van der Waals surface area contributed by atoms with Crippen LogP contribution in [0, 0.1) is 0 Å². The molecule has 1 amide bonds. The van der Waals surface area contributed by atoms with Gasteiger partial charge < -0.3 is 15.3 Å². The molecule has 0 unspecified atom stereocenters. The lowest BCUT2D eigenvalue weighted by Gasteiger charge is -2.35. The number of carbonyl (C=O) groups excluding carboxylic acids is 1. The fourth-order valence-electron chi connectivity index (χ4n) is 3.60. The van der Waals surface area contributed by atoms with E-state index in [1.54, 1.807) is 17.1 Å². The minimum Gasteiger partial charge on any atom is -0.391 e. The molecule has 2 aromatic rings. The van der Waals surface area contributed by atoms with Crippen molar-refractivity contribution in [3.8, 4) is 0 Å². The van der Waals surface area contributed by atoms with Gasteiger partial charge in [0.1, 0.15) is 17.8 Å². The largest absolute Gasteiger partial charge is 0.391 e. The van der Waals surface area contributed by atoms with Gasteiger partial charge in [0.25, 0.3) is 5.91 Å². The second-order valence-corrected chi connectivity index (χ2v) is 7.08. The third-order valence-electron chi connectivity index (χ3n) is 5.25. The van der Waals surface area contributed by atoms with Gasteiger partial charge in [-0.3, -0.25) is 9.48 Å². The highest BCUT2D eigenvalue weighted by Crippen LogP contribution is 2.36. The minimum absolute atomic E-state index is 0.116. The van der Waals surface area contributed by atoms with Gasteiger partial charge in [-0.05, 0) is 32.3 Å². The maximum atomic E-state index is 12.2. The average Bonchev–Trinajstić information content (AvgIpc) is 3.26. The van der Waals surface area contributed by atoms with Gasteiger partial charge in [0.05, 0.1) is 6.10 Å². The normalized spacial score (nSPS) is 25.2. The fraction of sp³-hybridized carbons (Fsp3) is 0.556. The van der Waals surface area contributed by atoms with E-state index in [0.717, 1.165) is 43.9 Å². The Hall–Kier alpha value is -2.48. The first kappa shape index (κ1) is 17.0. The molecular formula is C18H24N6O2. The first-order valence-corrected chi connectivity index (χ1v) is 9.21. The number of hydrogen-bond acceptors (Lipinski definition) is 6. The van der Waals surface area contributed by atoms with Crippen LogP contribution < -0.4 is 10.2 Å². The van der Waals surface area contributed by atoms with Crippen LogP contribution >= 0.6 is 0 Å². The lowest BCUT2D eigenvalue weighted by atomic mass is 9.78. The van der Waals surface area contributed by atoms with Crippen molar-refractivity contribution in [3.63, 3.8) is 0 Å². The van der Waals surface area contributed by atoms with E-state index in [4.69, 9.17) is 0 Å².